The molecule has 0 saturated heterocycles. The number of aryl methyl sites for hydroxylation is 2. The average Bonchev–Trinajstić information content (AvgIpc) is 2.36. The number of hydrogen-bond acceptors (Lipinski definition) is 4. The van der Waals surface area contributed by atoms with Gasteiger partial charge in [0.25, 0.3) is 0 Å². The second-order valence-corrected chi connectivity index (χ2v) is 5.29. The van der Waals surface area contributed by atoms with E-state index in [1.165, 1.54) is 16.0 Å². The summed E-state index contributed by atoms with van der Waals surface area (Å²) < 4.78 is 0. The summed E-state index contributed by atoms with van der Waals surface area (Å²) >= 11 is 1.60. The molecule has 2 rings (SSSR count). The first-order valence-electron chi connectivity index (χ1n) is 5.95. The molecule has 0 fully saturated rings. The highest BCUT2D eigenvalue weighted by Gasteiger charge is 2.04. The number of nitrogens with zero attached hydrogens (tertiary/aromatic N) is 2. The van der Waals surface area contributed by atoms with E-state index in [4.69, 9.17) is 5.73 Å². The minimum atomic E-state index is 0.688. The predicted molar refractivity (Wildman–Crippen MR) is 74.8 cm³/mol. The molecule has 0 aliphatic heterocycles. The monoisotopic (exact) mass is 259 g/mol. The van der Waals surface area contributed by atoms with Crippen molar-refractivity contribution in [3.05, 3.63) is 47.3 Å². The molecule has 1 aromatic carbocycles. The maximum absolute atomic E-state index is 5.56. The zero-order valence-corrected chi connectivity index (χ0v) is 11.5. The van der Waals surface area contributed by atoms with Crippen LogP contribution in [0.1, 0.15) is 16.7 Å². The molecule has 3 nitrogen and oxygen atoms in total. The van der Waals surface area contributed by atoms with Crippen molar-refractivity contribution in [3.8, 4) is 0 Å². The highest BCUT2D eigenvalue weighted by Crippen LogP contribution is 2.28. The standard InChI is InChI=1S/C14H17N3S/c1-10-8-16-14(17-9-10)18-13-4-3-12(5-6-15)7-11(13)2/h3-4,7-9H,5-6,15H2,1-2H3. The Morgan fingerprint density at radius 2 is 1.89 bits per heavy atom. The third-order valence-electron chi connectivity index (χ3n) is 2.63. The minimum Gasteiger partial charge on any atom is -0.330 e. The van der Waals surface area contributed by atoms with E-state index in [2.05, 4.69) is 35.1 Å². The molecule has 0 aliphatic carbocycles. The van der Waals surface area contributed by atoms with Gasteiger partial charge in [0.2, 0.25) is 0 Å². The molecular formula is C14H17N3S. The Kier molecular flexibility index (Phi) is 4.33. The predicted octanol–water partition coefficient (Wildman–Crippen LogP) is 2.75. The number of benzene rings is 1. The van der Waals surface area contributed by atoms with Crippen LogP contribution in [0.2, 0.25) is 0 Å². The molecule has 0 spiro atoms. The Balaban J connectivity index is 2.16. The molecule has 2 aromatic rings. The zero-order chi connectivity index (χ0) is 13.0. The average molecular weight is 259 g/mol. The molecule has 2 N–H and O–H groups in total. The van der Waals surface area contributed by atoms with E-state index in [-0.39, 0.29) is 0 Å². The van der Waals surface area contributed by atoms with Gasteiger partial charge in [0.1, 0.15) is 0 Å². The van der Waals surface area contributed by atoms with E-state index in [0.717, 1.165) is 17.1 Å². The minimum absolute atomic E-state index is 0.688. The van der Waals surface area contributed by atoms with Crippen molar-refractivity contribution in [3.63, 3.8) is 0 Å². The highest BCUT2D eigenvalue weighted by atomic mass is 32.2. The molecule has 1 aromatic heterocycles. The van der Waals surface area contributed by atoms with Gasteiger partial charge in [0, 0.05) is 17.3 Å². The summed E-state index contributed by atoms with van der Waals surface area (Å²) in [4.78, 5) is 9.80. The normalized spacial score (nSPS) is 10.6. The van der Waals surface area contributed by atoms with Crippen LogP contribution in [0.15, 0.2) is 40.6 Å². The van der Waals surface area contributed by atoms with Crippen molar-refractivity contribution in [2.75, 3.05) is 6.54 Å². The largest absolute Gasteiger partial charge is 0.330 e. The molecule has 94 valence electrons. The lowest BCUT2D eigenvalue weighted by Gasteiger charge is -2.07. The van der Waals surface area contributed by atoms with Crippen LogP contribution in [-0.2, 0) is 6.42 Å². The SMILES string of the molecule is Cc1cnc(Sc2ccc(CCN)cc2C)nc1. The maximum Gasteiger partial charge on any atom is 0.192 e. The van der Waals surface area contributed by atoms with Crippen LogP contribution in [-0.4, -0.2) is 16.5 Å². The molecule has 0 aliphatic rings. The van der Waals surface area contributed by atoms with Crippen molar-refractivity contribution in [1.29, 1.82) is 0 Å². The van der Waals surface area contributed by atoms with Crippen LogP contribution in [0, 0.1) is 13.8 Å². The molecule has 0 atom stereocenters. The van der Waals surface area contributed by atoms with Crippen molar-refractivity contribution < 1.29 is 0 Å². The summed E-state index contributed by atoms with van der Waals surface area (Å²) in [5.41, 5.74) is 9.17. The second-order valence-electron chi connectivity index (χ2n) is 4.28. The first-order chi connectivity index (χ1) is 8.69. The molecule has 18 heavy (non-hydrogen) atoms. The fraction of sp³-hybridized carbons (Fsp3) is 0.286. The van der Waals surface area contributed by atoms with Gasteiger partial charge in [-0.3, -0.25) is 0 Å². The van der Waals surface area contributed by atoms with Crippen LogP contribution < -0.4 is 5.73 Å². The van der Waals surface area contributed by atoms with Crippen LogP contribution in [0.4, 0.5) is 0 Å². The van der Waals surface area contributed by atoms with Crippen LogP contribution >= 0.6 is 11.8 Å². The van der Waals surface area contributed by atoms with Crippen LogP contribution in [0.3, 0.4) is 0 Å². The summed E-state index contributed by atoms with van der Waals surface area (Å²) in [6, 6.07) is 6.42. The van der Waals surface area contributed by atoms with E-state index in [1.54, 1.807) is 11.8 Å². The highest BCUT2D eigenvalue weighted by molar-refractivity contribution is 7.99. The van der Waals surface area contributed by atoms with E-state index >= 15 is 0 Å². The first kappa shape index (κ1) is 13.1. The zero-order valence-electron chi connectivity index (χ0n) is 10.7. The molecule has 4 heteroatoms. The van der Waals surface area contributed by atoms with Gasteiger partial charge in [0.15, 0.2) is 5.16 Å². The number of aromatic nitrogens is 2. The lowest BCUT2D eigenvalue weighted by molar-refractivity contribution is 0.946. The summed E-state index contributed by atoms with van der Waals surface area (Å²) in [6.07, 6.45) is 4.60. The van der Waals surface area contributed by atoms with Crippen molar-refractivity contribution in [2.45, 2.75) is 30.3 Å². The van der Waals surface area contributed by atoms with Gasteiger partial charge in [-0.1, -0.05) is 12.1 Å². The molecule has 1 heterocycles. The van der Waals surface area contributed by atoms with Gasteiger partial charge < -0.3 is 5.73 Å². The molecule has 0 amide bonds. The van der Waals surface area contributed by atoms with Crippen LogP contribution in [0.5, 0.6) is 0 Å². The molecule has 0 bridgehead atoms. The Labute approximate surface area is 112 Å². The lowest BCUT2D eigenvalue weighted by atomic mass is 10.1. The summed E-state index contributed by atoms with van der Waals surface area (Å²) in [6.45, 7) is 4.78. The van der Waals surface area contributed by atoms with E-state index in [9.17, 15) is 0 Å². The molecule has 0 saturated carbocycles. The number of nitrogens with two attached hydrogens (primary N) is 1. The number of hydrogen-bond donors (Lipinski definition) is 1. The quantitative estimate of drug-likeness (QED) is 0.858. The van der Waals surface area contributed by atoms with Gasteiger partial charge >= 0.3 is 0 Å². The fourth-order valence-corrected chi connectivity index (χ4v) is 2.44. The van der Waals surface area contributed by atoms with Gasteiger partial charge in [-0.05, 0) is 61.3 Å². The Morgan fingerprint density at radius 1 is 1.17 bits per heavy atom. The third-order valence-corrected chi connectivity index (χ3v) is 3.70. The summed E-state index contributed by atoms with van der Waals surface area (Å²) in [5, 5.41) is 0.787. The van der Waals surface area contributed by atoms with Gasteiger partial charge in [-0.2, -0.15) is 0 Å². The number of rotatable bonds is 4. The molecule has 0 unspecified atom stereocenters. The Morgan fingerprint density at radius 3 is 2.50 bits per heavy atom. The van der Waals surface area contributed by atoms with E-state index in [1.807, 2.05) is 19.3 Å². The lowest BCUT2D eigenvalue weighted by Crippen LogP contribution is -2.02. The van der Waals surface area contributed by atoms with E-state index < -0.39 is 0 Å². The smallest absolute Gasteiger partial charge is 0.192 e. The maximum atomic E-state index is 5.56. The summed E-state index contributed by atoms with van der Waals surface area (Å²) in [5.74, 6) is 0. The third kappa shape index (κ3) is 3.31. The van der Waals surface area contributed by atoms with Crippen molar-refractivity contribution >= 4 is 11.8 Å². The first-order valence-corrected chi connectivity index (χ1v) is 6.77. The fourth-order valence-electron chi connectivity index (χ4n) is 1.68. The topological polar surface area (TPSA) is 51.8 Å². The van der Waals surface area contributed by atoms with Gasteiger partial charge in [0.05, 0.1) is 0 Å². The van der Waals surface area contributed by atoms with Crippen LogP contribution in [0.25, 0.3) is 0 Å². The summed E-state index contributed by atoms with van der Waals surface area (Å²) in [7, 11) is 0. The van der Waals surface area contributed by atoms with Gasteiger partial charge in [-0.15, -0.1) is 0 Å². The Bertz CT molecular complexity index is 523. The molecule has 0 radical (unpaired) electrons. The Hall–Kier alpha value is -1.39. The van der Waals surface area contributed by atoms with Crippen molar-refractivity contribution in [2.24, 2.45) is 5.73 Å². The van der Waals surface area contributed by atoms with E-state index in [0.29, 0.717) is 6.54 Å². The van der Waals surface area contributed by atoms with Crippen molar-refractivity contribution in [1.82, 2.24) is 9.97 Å². The van der Waals surface area contributed by atoms with Gasteiger partial charge in [-0.25, -0.2) is 9.97 Å². The molecular weight excluding hydrogens is 242 g/mol. The second kappa shape index (κ2) is 5.98.